The maximum Gasteiger partial charge on any atom is 0.185 e. The summed E-state index contributed by atoms with van der Waals surface area (Å²) in [7, 11) is 1.74. The smallest absolute Gasteiger partial charge is 0.185 e. The van der Waals surface area contributed by atoms with Gasteiger partial charge in [0.15, 0.2) is 11.5 Å². The van der Waals surface area contributed by atoms with Gasteiger partial charge in [-0.25, -0.2) is 8.78 Å². The lowest BCUT2D eigenvalue weighted by atomic mass is 9.68. The SMILES string of the molecule is COC1CCCCC1N1CC(CC(=O)CC(C)(C)c2ccccn2)(CC(=O)c2cc(-c3ccc(F)cc3F)on2)C1. The highest BCUT2D eigenvalue weighted by molar-refractivity contribution is 5.96. The number of nitrogens with zero attached hydrogens (tertiary/aromatic N) is 3. The molecule has 3 heterocycles. The first-order valence-corrected chi connectivity index (χ1v) is 14.2. The summed E-state index contributed by atoms with van der Waals surface area (Å²) in [5, 5.41) is 3.90. The molecule has 0 amide bonds. The van der Waals surface area contributed by atoms with E-state index in [1.54, 1.807) is 13.3 Å². The minimum Gasteiger partial charge on any atom is -0.380 e. The van der Waals surface area contributed by atoms with Crippen LogP contribution in [0.4, 0.5) is 8.78 Å². The van der Waals surface area contributed by atoms with Gasteiger partial charge in [0.25, 0.3) is 0 Å². The van der Waals surface area contributed by atoms with Crippen LogP contribution in [0, 0.1) is 17.0 Å². The summed E-state index contributed by atoms with van der Waals surface area (Å²) in [6, 6.07) is 10.5. The summed E-state index contributed by atoms with van der Waals surface area (Å²) >= 11 is 0. The number of carbonyl (C=O) groups excluding carboxylic acids is 2. The summed E-state index contributed by atoms with van der Waals surface area (Å²) in [6.45, 7) is 5.23. The zero-order valence-corrected chi connectivity index (χ0v) is 23.9. The molecule has 41 heavy (non-hydrogen) atoms. The Balaban J connectivity index is 1.33. The van der Waals surface area contributed by atoms with Crippen LogP contribution in [0.25, 0.3) is 11.3 Å². The molecule has 5 rings (SSSR count). The van der Waals surface area contributed by atoms with Gasteiger partial charge in [-0.15, -0.1) is 0 Å². The van der Waals surface area contributed by atoms with Crippen LogP contribution in [0.3, 0.4) is 0 Å². The Labute approximate surface area is 239 Å². The topological polar surface area (TPSA) is 85.5 Å². The minimum atomic E-state index is -0.799. The molecule has 1 saturated heterocycles. The van der Waals surface area contributed by atoms with Gasteiger partial charge in [0.1, 0.15) is 23.1 Å². The molecule has 2 aromatic heterocycles. The average Bonchev–Trinajstić information content (AvgIpc) is 3.42. The third kappa shape index (κ3) is 6.46. The second-order valence-corrected chi connectivity index (χ2v) is 12.3. The van der Waals surface area contributed by atoms with E-state index in [-0.39, 0.29) is 53.6 Å². The van der Waals surface area contributed by atoms with Gasteiger partial charge >= 0.3 is 0 Å². The van der Waals surface area contributed by atoms with E-state index >= 15 is 0 Å². The van der Waals surface area contributed by atoms with E-state index in [0.717, 1.165) is 43.5 Å². The van der Waals surface area contributed by atoms with Gasteiger partial charge in [0, 0.05) is 80.4 Å². The number of Topliss-reactive ketones (excluding diaryl/α,β-unsaturated/α-hetero) is 2. The molecule has 7 nitrogen and oxygen atoms in total. The first-order chi connectivity index (χ1) is 19.6. The Bertz CT molecular complexity index is 1380. The van der Waals surface area contributed by atoms with Crippen molar-refractivity contribution in [2.24, 2.45) is 5.41 Å². The molecule has 218 valence electrons. The number of rotatable bonds is 11. The molecule has 1 aliphatic heterocycles. The molecule has 1 aliphatic carbocycles. The number of aromatic nitrogens is 2. The highest BCUT2D eigenvalue weighted by atomic mass is 19.1. The van der Waals surface area contributed by atoms with Gasteiger partial charge in [0.05, 0.1) is 11.7 Å². The van der Waals surface area contributed by atoms with Gasteiger partial charge < -0.3 is 9.26 Å². The summed E-state index contributed by atoms with van der Waals surface area (Å²) < 4.78 is 38.7. The summed E-state index contributed by atoms with van der Waals surface area (Å²) in [6.07, 6.45) is 6.84. The fraction of sp³-hybridized carbons (Fsp3) is 0.500. The molecule has 9 heteroatoms. The van der Waals surface area contributed by atoms with Crippen molar-refractivity contribution in [3.8, 4) is 11.3 Å². The number of ketones is 2. The molecule has 1 aromatic carbocycles. The van der Waals surface area contributed by atoms with Gasteiger partial charge in [0.2, 0.25) is 0 Å². The molecule has 2 atom stereocenters. The van der Waals surface area contributed by atoms with Crippen LogP contribution in [0.2, 0.25) is 0 Å². The Morgan fingerprint density at radius 3 is 2.59 bits per heavy atom. The number of methoxy groups -OCH3 is 1. The largest absolute Gasteiger partial charge is 0.380 e. The molecule has 3 aromatic rings. The van der Waals surface area contributed by atoms with E-state index in [0.29, 0.717) is 19.5 Å². The highest BCUT2D eigenvalue weighted by Gasteiger charge is 2.50. The Kier molecular flexibility index (Phi) is 8.47. The summed E-state index contributed by atoms with van der Waals surface area (Å²) in [4.78, 5) is 33.8. The number of hydrogen-bond acceptors (Lipinski definition) is 7. The van der Waals surface area contributed by atoms with Crippen molar-refractivity contribution in [1.29, 1.82) is 0 Å². The second kappa shape index (κ2) is 11.9. The number of likely N-dealkylation sites (tertiary alicyclic amines) is 1. The number of pyridine rings is 1. The van der Waals surface area contributed by atoms with Crippen molar-refractivity contribution >= 4 is 11.6 Å². The van der Waals surface area contributed by atoms with Crippen LogP contribution in [0.5, 0.6) is 0 Å². The molecular formula is C32H37F2N3O4. The second-order valence-electron chi connectivity index (χ2n) is 12.3. The quantitative estimate of drug-likeness (QED) is 0.257. The van der Waals surface area contributed by atoms with E-state index in [1.807, 2.05) is 32.0 Å². The first kappa shape index (κ1) is 29.2. The van der Waals surface area contributed by atoms with Crippen LogP contribution >= 0.6 is 0 Å². The summed E-state index contributed by atoms with van der Waals surface area (Å²) in [5.41, 5.74) is -0.0585. The predicted octanol–water partition coefficient (Wildman–Crippen LogP) is 6.17. The maximum atomic E-state index is 14.3. The van der Waals surface area contributed by atoms with Crippen molar-refractivity contribution in [2.75, 3.05) is 20.2 Å². The van der Waals surface area contributed by atoms with Crippen LogP contribution in [0.15, 0.2) is 53.2 Å². The van der Waals surface area contributed by atoms with Crippen molar-refractivity contribution in [3.63, 3.8) is 0 Å². The van der Waals surface area contributed by atoms with Gasteiger partial charge in [-0.2, -0.15) is 0 Å². The Hall–Kier alpha value is -3.30. The van der Waals surface area contributed by atoms with Crippen molar-refractivity contribution < 1.29 is 27.6 Å². The molecular weight excluding hydrogens is 528 g/mol. The number of benzene rings is 1. The molecule has 0 bridgehead atoms. The van der Waals surface area contributed by atoms with Gasteiger partial charge in [-0.3, -0.25) is 19.5 Å². The van der Waals surface area contributed by atoms with Crippen molar-refractivity contribution in [3.05, 3.63) is 71.7 Å². The first-order valence-electron chi connectivity index (χ1n) is 14.2. The molecule has 0 spiro atoms. The van der Waals surface area contributed by atoms with Gasteiger partial charge in [-0.05, 0) is 37.1 Å². The number of halogens is 2. The zero-order valence-electron chi connectivity index (χ0n) is 23.9. The van der Waals surface area contributed by atoms with E-state index in [9.17, 15) is 18.4 Å². The van der Waals surface area contributed by atoms with Crippen LogP contribution in [-0.2, 0) is 14.9 Å². The highest BCUT2D eigenvalue weighted by Crippen LogP contribution is 2.44. The van der Waals surface area contributed by atoms with E-state index in [4.69, 9.17) is 9.26 Å². The predicted molar refractivity (Wildman–Crippen MR) is 149 cm³/mol. The molecule has 2 fully saturated rings. The number of carbonyl (C=O) groups is 2. The standard InChI is InChI=1S/C32H37F2N3O4/c1-31(2,30-10-6-7-13-35-30)16-22(38)17-32(19-37(20-32)26-8-4-5-9-28(26)40-3)18-27(39)25-15-29(41-36-25)23-12-11-21(33)14-24(23)34/h6-7,10-15,26,28H,4-5,8-9,16-20H2,1-3H3. The van der Waals surface area contributed by atoms with E-state index < -0.39 is 22.5 Å². The van der Waals surface area contributed by atoms with E-state index in [2.05, 4.69) is 15.0 Å². The van der Waals surface area contributed by atoms with Crippen LogP contribution in [-0.4, -0.2) is 59.0 Å². The van der Waals surface area contributed by atoms with Crippen LogP contribution < -0.4 is 0 Å². The maximum absolute atomic E-state index is 14.3. The lowest BCUT2D eigenvalue weighted by Crippen LogP contribution is -2.64. The molecule has 1 saturated carbocycles. The molecule has 0 radical (unpaired) electrons. The Morgan fingerprint density at radius 2 is 1.88 bits per heavy atom. The lowest BCUT2D eigenvalue weighted by molar-refractivity contribution is -0.131. The fourth-order valence-corrected chi connectivity index (χ4v) is 6.59. The van der Waals surface area contributed by atoms with Crippen LogP contribution in [0.1, 0.15) is 75.0 Å². The van der Waals surface area contributed by atoms with Crippen molar-refractivity contribution in [1.82, 2.24) is 15.0 Å². The molecule has 2 unspecified atom stereocenters. The monoisotopic (exact) mass is 565 g/mol. The average molecular weight is 566 g/mol. The fourth-order valence-electron chi connectivity index (χ4n) is 6.59. The third-order valence-corrected chi connectivity index (χ3v) is 8.61. The molecule has 0 N–H and O–H groups in total. The number of ether oxygens (including phenoxy) is 1. The number of hydrogen-bond donors (Lipinski definition) is 0. The van der Waals surface area contributed by atoms with Gasteiger partial charge in [-0.1, -0.05) is 37.9 Å². The van der Waals surface area contributed by atoms with Crippen molar-refractivity contribution in [2.45, 2.75) is 76.4 Å². The minimum absolute atomic E-state index is 0.0253. The zero-order chi connectivity index (χ0) is 29.2. The van der Waals surface area contributed by atoms with E-state index in [1.165, 1.54) is 12.1 Å². The molecule has 2 aliphatic rings. The summed E-state index contributed by atoms with van der Waals surface area (Å²) in [5.74, 6) is -1.65. The lowest BCUT2D eigenvalue weighted by Gasteiger charge is -2.55. The Morgan fingerprint density at radius 1 is 1.10 bits per heavy atom. The normalized spacial score (nSPS) is 20.9. The third-order valence-electron chi connectivity index (χ3n) is 8.61.